The highest BCUT2D eigenvalue weighted by Crippen LogP contribution is 2.25. The van der Waals surface area contributed by atoms with E-state index in [-0.39, 0.29) is 18.0 Å². The lowest BCUT2D eigenvalue weighted by Crippen LogP contribution is -2.29. The number of aromatic nitrogens is 3. The normalized spacial score (nSPS) is 14.5. The Hall–Kier alpha value is -2.89. The molecule has 134 valence electrons. The molecule has 4 rings (SSSR count). The molecule has 0 aliphatic heterocycles. The van der Waals surface area contributed by atoms with E-state index in [4.69, 9.17) is 0 Å². The molecule has 1 aliphatic rings. The number of amides is 1. The molecule has 0 saturated heterocycles. The van der Waals surface area contributed by atoms with Gasteiger partial charge in [0.2, 0.25) is 5.91 Å². The SMILES string of the molecule is O=C(Cn1c2ccccc2c2cn[nH]c(=O)c21)NCCC1=CCCCC1. The second-order valence-electron chi connectivity index (χ2n) is 6.77. The van der Waals surface area contributed by atoms with E-state index < -0.39 is 0 Å². The monoisotopic (exact) mass is 350 g/mol. The van der Waals surface area contributed by atoms with Crippen molar-refractivity contribution in [3.05, 3.63) is 52.5 Å². The molecule has 6 nitrogen and oxygen atoms in total. The number of fused-ring (bicyclic) bond motifs is 3. The van der Waals surface area contributed by atoms with Crippen molar-refractivity contribution in [1.29, 1.82) is 0 Å². The number of nitrogens with one attached hydrogen (secondary N) is 2. The fourth-order valence-electron chi connectivity index (χ4n) is 3.77. The molecule has 6 heteroatoms. The van der Waals surface area contributed by atoms with Crippen LogP contribution in [-0.4, -0.2) is 27.2 Å². The van der Waals surface area contributed by atoms with Gasteiger partial charge in [0.05, 0.1) is 6.20 Å². The number of carbonyl (C=O) groups excluding carboxylic acids is 1. The third-order valence-corrected chi connectivity index (χ3v) is 5.04. The van der Waals surface area contributed by atoms with Crippen LogP contribution in [0.4, 0.5) is 0 Å². The minimum atomic E-state index is -0.279. The summed E-state index contributed by atoms with van der Waals surface area (Å²) in [7, 11) is 0. The van der Waals surface area contributed by atoms with Gasteiger partial charge in [-0.05, 0) is 38.2 Å². The van der Waals surface area contributed by atoms with Crippen LogP contribution >= 0.6 is 0 Å². The number of H-pyrrole nitrogens is 1. The molecule has 0 unspecified atom stereocenters. The highest BCUT2D eigenvalue weighted by Gasteiger charge is 2.15. The standard InChI is InChI=1S/C20H22N4O2/c25-18(21-11-10-14-6-2-1-3-7-14)13-24-17-9-5-4-8-15(17)16-12-22-23-20(26)19(16)24/h4-6,8-9,12H,1-3,7,10-11,13H2,(H,21,25)(H,23,26). The average Bonchev–Trinajstić information content (AvgIpc) is 2.98. The van der Waals surface area contributed by atoms with Gasteiger partial charge in [-0.25, -0.2) is 5.10 Å². The van der Waals surface area contributed by atoms with Crippen LogP contribution in [0.3, 0.4) is 0 Å². The lowest BCUT2D eigenvalue weighted by Gasteiger charge is -2.13. The average molecular weight is 350 g/mol. The Labute approximate surface area is 150 Å². The third kappa shape index (κ3) is 3.14. The molecular formula is C20H22N4O2. The zero-order valence-corrected chi connectivity index (χ0v) is 14.6. The Kier molecular flexibility index (Phi) is 4.56. The van der Waals surface area contributed by atoms with Crippen LogP contribution < -0.4 is 10.9 Å². The molecule has 26 heavy (non-hydrogen) atoms. The predicted molar refractivity (Wildman–Crippen MR) is 102 cm³/mol. The molecular weight excluding hydrogens is 328 g/mol. The van der Waals surface area contributed by atoms with Crippen LogP contribution in [-0.2, 0) is 11.3 Å². The molecule has 3 aromatic rings. The Balaban J connectivity index is 1.55. The second-order valence-corrected chi connectivity index (χ2v) is 6.77. The van der Waals surface area contributed by atoms with E-state index in [0.717, 1.165) is 35.6 Å². The van der Waals surface area contributed by atoms with E-state index in [0.29, 0.717) is 12.1 Å². The Morgan fingerprint density at radius 1 is 1.23 bits per heavy atom. The van der Waals surface area contributed by atoms with Crippen molar-refractivity contribution in [3.8, 4) is 0 Å². The maximum Gasteiger partial charge on any atom is 0.288 e. The fraction of sp³-hybridized carbons (Fsp3) is 0.350. The van der Waals surface area contributed by atoms with E-state index in [1.807, 2.05) is 24.3 Å². The minimum Gasteiger partial charge on any atom is -0.354 e. The van der Waals surface area contributed by atoms with Crippen molar-refractivity contribution in [1.82, 2.24) is 20.1 Å². The first-order valence-electron chi connectivity index (χ1n) is 9.13. The van der Waals surface area contributed by atoms with E-state index >= 15 is 0 Å². The molecule has 0 spiro atoms. The van der Waals surface area contributed by atoms with Crippen LogP contribution in [0.25, 0.3) is 21.8 Å². The lowest BCUT2D eigenvalue weighted by molar-refractivity contribution is -0.121. The Bertz CT molecular complexity index is 1040. The van der Waals surface area contributed by atoms with Gasteiger partial charge in [-0.2, -0.15) is 5.10 Å². The summed E-state index contributed by atoms with van der Waals surface area (Å²) in [5, 5.41) is 11.1. The summed E-state index contributed by atoms with van der Waals surface area (Å²) in [5.74, 6) is -0.0831. The number of allylic oxidation sites excluding steroid dienone is 1. The summed E-state index contributed by atoms with van der Waals surface area (Å²) >= 11 is 0. The number of para-hydroxylation sites is 1. The van der Waals surface area contributed by atoms with Crippen LogP contribution in [0.2, 0.25) is 0 Å². The number of hydrogen-bond acceptors (Lipinski definition) is 3. The van der Waals surface area contributed by atoms with Crippen LogP contribution in [0.5, 0.6) is 0 Å². The molecule has 1 aliphatic carbocycles. The van der Waals surface area contributed by atoms with Gasteiger partial charge in [0.1, 0.15) is 12.1 Å². The number of nitrogens with zero attached hydrogens (tertiary/aromatic N) is 2. The smallest absolute Gasteiger partial charge is 0.288 e. The lowest BCUT2D eigenvalue weighted by atomic mass is 9.97. The first kappa shape index (κ1) is 16.6. The van der Waals surface area contributed by atoms with Crippen LogP contribution in [0.1, 0.15) is 32.1 Å². The summed E-state index contributed by atoms with van der Waals surface area (Å²) in [6.45, 7) is 0.760. The molecule has 2 heterocycles. The Morgan fingerprint density at radius 2 is 2.12 bits per heavy atom. The number of hydrogen-bond donors (Lipinski definition) is 2. The first-order valence-corrected chi connectivity index (χ1v) is 9.13. The summed E-state index contributed by atoms with van der Waals surface area (Å²) in [6.07, 6.45) is 9.67. The molecule has 0 fully saturated rings. The van der Waals surface area contributed by atoms with Crippen molar-refractivity contribution in [2.24, 2.45) is 0 Å². The van der Waals surface area contributed by atoms with Gasteiger partial charge in [0, 0.05) is 22.8 Å². The maximum atomic E-state index is 12.5. The van der Waals surface area contributed by atoms with Gasteiger partial charge in [-0.3, -0.25) is 9.59 Å². The molecule has 2 N–H and O–H groups in total. The Morgan fingerprint density at radius 3 is 2.96 bits per heavy atom. The number of benzene rings is 1. The highest BCUT2D eigenvalue weighted by atomic mass is 16.2. The summed E-state index contributed by atoms with van der Waals surface area (Å²) in [4.78, 5) is 24.8. The second kappa shape index (κ2) is 7.15. The van der Waals surface area contributed by atoms with E-state index in [2.05, 4.69) is 21.6 Å². The molecule has 1 amide bonds. The van der Waals surface area contributed by atoms with Gasteiger partial charge in [-0.15, -0.1) is 0 Å². The highest BCUT2D eigenvalue weighted by molar-refractivity contribution is 6.07. The first-order chi connectivity index (χ1) is 12.7. The van der Waals surface area contributed by atoms with Crippen molar-refractivity contribution < 1.29 is 4.79 Å². The maximum absolute atomic E-state index is 12.5. The largest absolute Gasteiger partial charge is 0.354 e. The molecule has 0 bridgehead atoms. The van der Waals surface area contributed by atoms with Gasteiger partial charge in [0.25, 0.3) is 5.56 Å². The summed E-state index contributed by atoms with van der Waals surface area (Å²) < 4.78 is 1.78. The van der Waals surface area contributed by atoms with Gasteiger partial charge >= 0.3 is 0 Å². The van der Waals surface area contributed by atoms with Crippen molar-refractivity contribution in [2.75, 3.05) is 6.54 Å². The number of rotatable bonds is 5. The fourth-order valence-corrected chi connectivity index (χ4v) is 3.77. The van der Waals surface area contributed by atoms with Crippen molar-refractivity contribution >= 4 is 27.7 Å². The molecule has 2 aromatic heterocycles. The number of carbonyl (C=O) groups is 1. The van der Waals surface area contributed by atoms with Crippen LogP contribution in [0.15, 0.2) is 46.9 Å². The van der Waals surface area contributed by atoms with E-state index in [1.165, 1.54) is 18.4 Å². The van der Waals surface area contributed by atoms with Gasteiger partial charge < -0.3 is 9.88 Å². The van der Waals surface area contributed by atoms with Crippen LogP contribution in [0, 0.1) is 0 Å². The summed E-state index contributed by atoms with van der Waals surface area (Å²) in [6, 6.07) is 7.70. The zero-order valence-electron chi connectivity index (χ0n) is 14.6. The number of aromatic amines is 1. The third-order valence-electron chi connectivity index (χ3n) is 5.04. The quantitative estimate of drug-likeness (QED) is 0.695. The summed E-state index contributed by atoms with van der Waals surface area (Å²) in [5.41, 5.74) is 2.52. The van der Waals surface area contributed by atoms with E-state index in [1.54, 1.807) is 10.8 Å². The van der Waals surface area contributed by atoms with Gasteiger partial charge in [-0.1, -0.05) is 29.8 Å². The molecule has 0 radical (unpaired) electrons. The zero-order chi connectivity index (χ0) is 17.9. The molecule has 1 aromatic carbocycles. The molecule has 0 saturated carbocycles. The predicted octanol–water partition coefficient (Wildman–Crippen LogP) is 2.88. The van der Waals surface area contributed by atoms with Crippen molar-refractivity contribution in [2.45, 2.75) is 38.6 Å². The molecule has 0 atom stereocenters. The van der Waals surface area contributed by atoms with Gasteiger partial charge in [0.15, 0.2) is 0 Å². The minimum absolute atomic E-state index is 0.0831. The topological polar surface area (TPSA) is 79.8 Å². The van der Waals surface area contributed by atoms with Crippen molar-refractivity contribution in [3.63, 3.8) is 0 Å². The van der Waals surface area contributed by atoms with E-state index in [9.17, 15) is 9.59 Å².